The van der Waals surface area contributed by atoms with Gasteiger partial charge in [-0.15, -0.1) is 0 Å². The number of hydrazone groups is 1. The van der Waals surface area contributed by atoms with Crippen molar-refractivity contribution in [1.29, 1.82) is 0 Å². The van der Waals surface area contributed by atoms with Crippen molar-refractivity contribution in [3.8, 4) is 0 Å². The topological polar surface area (TPSA) is 106 Å². The summed E-state index contributed by atoms with van der Waals surface area (Å²) in [4.78, 5) is 52.6. The number of ketones is 2. The van der Waals surface area contributed by atoms with E-state index in [1.165, 1.54) is 29.5 Å². The summed E-state index contributed by atoms with van der Waals surface area (Å²) in [6, 6.07) is 20.9. The number of hydrogen-bond acceptors (Lipinski definition) is 7. The van der Waals surface area contributed by atoms with Crippen LogP contribution in [0, 0.1) is 0 Å². The van der Waals surface area contributed by atoms with E-state index in [9.17, 15) is 19.2 Å². The Morgan fingerprint density at radius 1 is 0.897 bits per heavy atom. The van der Waals surface area contributed by atoms with Gasteiger partial charge in [-0.2, -0.15) is 5.10 Å². The van der Waals surface area contributed by atoms with E-state index < -0.39 is 30.3 Å². The first-order valence-electron chi connectivity index (χ1n) is 12.1. The molecular formula is C30H19ClN2O6. The maximum absolute atomic E-state index is 13.2. The molecule has 0 bridgehead atoms. The Bertz CT molecular complexity index is 1670. The molecule has 6 rings (SSSR count). The number of ether oxygens (including phenoxy) is 1. The molecule has 2 aliphatic rings. The summed E-state index contributed by atoms with van der Waals surface area (Å²) < 4.78 is 10.9. The van der Waals surface area contributed by atoms with Crippen LogP contribution in [-0.4, -0.2) is 40.8 Å². The lowest BCUT2D eigenvalue weighted by atomic mass is 9.82. The number of halogens is 1. The van der Waals surface area contributed by atoms with Gasteiger partial charge in [-0.25, -0.2) is 9.80 Å². The molecule has 39 heavy (non-hydrogen) atoms. The molecule has 1 amide bonds. The van der Waals surface area contributed by atoms with Crippen molar-refractivity contribution in [2.75, 3.05) is 6.61 Å². The summed E-state index contributed by atoms with van der Waals surface area (Å²) in [6.07, 6.45) is 1.89. The highest BCUT2D eigenvalue weighted by molar-refractivity contribution is 6.31. The van der Waals surface area contributed by atoms with Crippen LogP contribution in [0.5, 0.6) is 0 Å². The zero-order valence-corrected chi connectivity index (χ0v) is 21.1. The molecule has 0 unspecified atom stereocenters. The van der Waals surface area contributed by atoms with E-state index in [0.717, 1.165) is 5.56 Å². The van der Waals surface area contributed by atoms with Crippen LogP contribution >= 0.6 is 11.6 Å². The third kappa shape index (κ3) is 4.34. The summed E-state index contributed by atoms with van der Waals surface area (Å²) in [5, 5.41) is 6.31. The average molecular weight is 539 g/mol. The van der Waals surface area contributed by atoms with Gasteiger partial charge in [0, 0.05) is 33.7 Å². The molecule has 192 valence electrons. The Morgan fingerprint density at radius 2 is 1.62 bits per heavy atom. The Balaban J connectivity index is 1.24. The Labute approximate surface area is 227 Å². The van der Waals surface area contributed by atoms with Gasteiger partial charge in [0.2, 0.25) is 0 Å². The third-order valence-corrected chi connectivity index (χ3v) is 6.97. The summed E-state index contributed by atoms with van der Waals surface area (Å²) in [6.45, 7) is -0.629. The van der Waals surface area contributed by atoms with Crippen LogP contribution in [0.4, 0.5) is 0 Å². The summed E-state index contributed by atoms with van der Waals surface area (Å²) >= 11 is 6.01. The summed E-state index contributed by atoms with van der Waals surface area (Å²) in [7, 11) is 0. The molecule has 0 radical (unpaired) electrons. The molecule has 0 saturated heterocycles. The minimum atomic E-state index is -0.892. The van der Waals surface area contributed by atoms with Crippen molar-refractivity contribution in [3.63, 3.8) is 0 Å². The molecule has 1 aromatic heterocycles. The zero-order valence-electron chi connectivity index (χ0n) is 20.3. The van der Waals surface area contributed by atoms with Crippen LogP contribution in [0.1, 0.15) is 66.0 Å². The van der Waals surface area contributed by atoms with Gasteiger partial charge < -0.3 is 9.15 Å². The van der Waals surface area contributed by atoms with E-state index in [1.807, 2.05) is 12.1 Å². The molecule has 9 heteroatoms. The van der Waals surface area contributed by atoms with E-state index >= 15 is 0 Å². The number of amides is 1. The van der Waals surface area contributed by atoms with Gasteiger partial charge in [0.15, 0.2) is 18.2 Å². The van der Waals surface area contributed by atoms with E-state index in [-0.39, 0.29) is 33.6 Å². The highest BCUT2D eigenvalue weighted by atomic mass is 35.5. The van der Waals surface area contributed by atoms with E-state index in [1.54, 1.807) is 48.5 Å². The predicted molar refractivity (Wildman–Crippen MR) is 141 cm³/mol. The van der Waals surface area contributed by atoms with Gasteiger partial charge in [-0.1, -0.05) is 60.1 Å². The van der Waals surface area contributed by atoms with Crippen LogP contribution in [-0.2, 0) is 9.53 Å². The molecule has 1 atom stereocenters. The molecule has 4 aromatic rings. The van der Waals surface area contributed by atoms with Gasteiger partial charge >= 0.3 is 5.97 Å². The first-order chi connectivity index (χ1) is 18.9. The lowest BCUT2D eigenvalue weighted by Gasteiger charge is -2.21. The SMILES string of the molecule is O=C(OCC(=O)N1N=C(c2ccc(Cl)cc2)C[C@H]1c1ccco1)c1cccc2c1C(=O)c1ccccc1C2=O. The number of furan rings is 1. The Hall–Kier alpha value is -4.82. The maximum Gasteiger partial charge on any atom is 0.339 e. The maximum atomic E-state index is 13.2. The largest absolute Gasteiger partial charge is 0.467 e. The molecule has 8 nitrogen and oxygen atoms in total. The summed E-state index contributed by atoms with van der Waals surface area (Å²) in [5.41, 5.74) is 1.94. The van der Waals surface area contributed by atoms with Crippen LogP contribution in [0.25, 0.3) is 0 Å². The highest BCUT2D eigenvalue weighted by Gasteiger charge is 2.36. The fraction of sp³-hybridized carbons (Fsp3) is 0.100. The first-order valence-corrected chi connectivity index (χ1v) is 12.5. The van der Waals surface area contributed by atoms with Crippen LogP contribution in [0.15, 0.2) is 94.6 Å². The van der Waals surface area contributed by atoms with Crippen molar-refractivity contribution in [1.82, 2.24) is 5.01 Å². The number of rotatable bonds is 5. The molecule has 0 N–H and O–H groups in total. The molecule has 1 aliphatic carbocycles. The monoisotopic (exact) mass is 538 g/mol. The van der Waals surface area contributed by atoms with Gasteiger partial charge in [-0.3, -0.25) is 14.4 Å². The fourth-order valence-electron chi connectivity index (χ4n) is 4.85. The number of carbonyl (C=O) groups excluding carboxylic acids is 4. The van der Waals surface area contributed by atoms with Crippen molar-refractivity contribution in [2.45, 2.75) is 12.5 Å². The fourth-order valence-corrected chi connectivity index (χ4v) is 4.97. The van der Waals surface area contributed by atoms with E-state index in [4.69, 9.17) is 20.8 Å². The second-order valence-corrected chi connectivity index (χ2v) is 9.47. The number of hydrogen-bond donors (Lipinski definition) is 0. The normalized spacial score (nSPS) is 16.0. The smallest absolute Gasteiger partial charge is 0.339 e. The molecule has 0 spiro atoms. The molecule has 3 aromatic carbocycles. The van der Waals surface area contributed by atoms with Crippen LogP contribution in [0.3, 0.4) is 0 Å². The van der Waals surface area contributed by atoms with Crippen LogP contribution in [0.2, 0.25) is 5.02 Å². The minimum Gasteiger partial charge on any atom is -0.467 e. The van der Waals surface area contributed by atoms with Crippen molar-refractivity contribution in [3.05, 3.63) is 129 Å². The zero-order chi connectivity index (χ0) is 27.1. The average Bonchev–Trinajstić information content (AvgIpc) is 3.65. The number of benzene rings is 3. The van der Waals surface area contributed by atoms with Gasteiger partial charge in [-0.05, 0) is 35.9 Å². The molecule has 1 aliphatic heterocycles. The summed E-state index contributed by atoms with van der Waals surface area (Å²) in [5.74, 6) is -1.74. The third-order valence-electron chi connectivity index (χ3n) is 6.71. The number of esters is 1. The Morgan fingerprint density at radius 3 is 2.33 bits per heavy atom. The minimum absolute atomic E-state index is 0.0312. The first kappa shape index (κ1) is 24.5. The van der Waals surface area contributed by atoms with E-state index in [2.05, 4.69) is 5.10 Å². The molecular weight excluding hydrogens is 520 g/mol. The quantitative estimate of drug-likeness (QED) is 0.283. The lowest BCUT2D eigenvalue weighted by Crippen LogP contribution is -2.31. The molecule has 0 fully saturated rings. The van der Waals surface area contributed by atoms with Gasteiger partial charge in [0.25, 0.3) is 5.91 Å². The molecule has 2 heterocycles. The second kappa shape index (κ2) is 9.81. The standard InChI is InChI=1S/C30H19ClN2O6/c31-18-12-10-17(11-13-18)23-15-24(25-9-4-14-38-25)33(32-23)26(34)16-39-30(37)22-8-3-7-21-27(22)29(36)20-6-2-1-5-19(20)28(21)35/h1-14,24H,15-16H2/t24-/m0/s1. The lowest BCUT2D eigenvalue weighted by molar-refractivity contribution is -0.136. The Kier molecular flexibility index (Phi) is 6.17. The number of fused-ring (bicyclic) bond motifs is 2. The van der Waals surface area contributed by atoms with Crippen molar-refractivity contribution in [2.24, 2.45) is 5.10 Å². The number of carbonyl (C=O) groups is 4. The van der Waals surface area contributed by atoms with Gasteiger partial charge in [0.05, 0.1) is 17.5 Å². The van der Waals surface area contributed by atoms with Crippen molar-refractivity contribution < 1.29 is 28.3 Å². The van der Waals surface area contributed by atoms with E-state index in [0.29, 0.717) is 22.9 Å². The molecule has 0 saturated carbocycles. The van der Waals surface area contributed by atoms with Crippen LogP contribution < -0.4 is 0 Å². The highest BCUT2D eigenvalue weighted by Crippen LogP contribution is 2.34. The van der Waals surface area contributed by atoms with Crippen molar-refractivity contribution >= 4 is 40.8 Å². The predicted octanol–water partition coefficient (Wildman–Crippen LogP) is 5.24. The number of nitrogens with zero attached hydrogens (tertiary/aromatic N) is 2. The van der Waals surface area contributed by atoms with Gasteiger partial charge in [0.1, 0.15) is 11.8 Å². The second-order valence-electron chi connectivity index (χ2n) is 9.04.